The molecule has 3 N–H and O–H groups in total. The minimum atomic E-state index is -0.00292. The molecule has 0 bridgehead atoms. The highest BCUT2D eigenvalue weighted by Crippen LogP contribution is 2.31. The van der Waals surface area contributed by atoms with E-state index in [0.29, 0.717) is 21.5 Å². The summed E-state index contributed by atoms with van der Waals surface area (Å²) in [6.45, 7) is 4.01. The smallest absolute Gasteiger partial charge is 0.175 e. The third-order valence-corrected chi connectivity index (χ3v) is 3.42. The zero-order valence-electron chi connectivity index (χ0n) is 11.2. The summed E-state index contributed by atoms with van der Waals surface area (Å²) in [6.07, 6.45) is 0. The molecule has 0 heterocycles. The molecule has 0 amide bonds. The molecule has 0 radical (unpaired) electrons. The lowest BCUT2D eigenvalue weighted by atomic mass is 10.1. The van der Waals surface area contributed by atoms with Crippen molar-refractivity contribution in [2.45, 2.75) is 13.8 Å². The number of ether oxygens (including phenoxy) is 1. The van der Waals surface area contributed by atoms with Crippen molar-refractivity contribution < 1.29 is 9.94 Å². The molecule has 0 fully saturated rings. The van der Waals surface area contributed by atoms with Gasteiger partial charge in [-0.05, 0) is 65.2 Å². The molecule has 0 atom stereocenters. The van der Waals surface area contributed by atoms with Crippen molar-refractivity contribution in [3.63, 3.8) is 0 Å². The van der Waals surface area contributed by atoms with Gasteiger partial charge < -0.3 is 15.7 Å². The van der Waals surface area contributed by atoms with Crippen LogP contribution in [0.3, 0.4) is 0 Å². The topological polar surface area (TPSA) is 67.8 Å². The number of amidine groups is 1. The third kappa shape index (κ3) is 3.11. The summed E-state index contributed by atoms with van der Waals surface area (Å²) >= 11 is 3.38. The number of aryl methyl sites for hydroxylation is 2. The number of rotatable bonds is 3. The van der Waals surface area contributed by atoms with Crippen LogP contribution in [0.1, 0.15) is 16.7 Å². The van der Waals surface area contributed by atoms with E-state index < -0.39 is 0 Å². The first-order valence-corrected chi connectivity index (χ1v) is 6.83. The molecule has 20 heavy (non-hydrogen) atoms. The Balaban J connectivity index is 2.46. The van der Waals surface area contributed by atoms with Crippen LogP contribution >= 0.6 is 15.9 Å². The summed E-state index contributed by atoms with van der Waals surface area (Å²) in [5, 5.41) is 11.9. The van der Waals surface area contributed by atoms with Gasteiger partial charge >= 0.3 is 0 Å². The lowest BCUT2D eigenvalue weighted by molar-refractivity contribution is 0.318. The van der Waals surface area contributed by atoms with E-state index in [1.165, 1.54) is 0 Å². The number of benzene rings is 2. The summed E-state index contributed by atoms with van der Waals surface area (Å²) < 4.78 is 6.58. The molecule has 2 aromatic carbocycles. The summed E-state index contributed by atoms with van der Waals surface area (Å²) in [5.41, 5.74) is 8.44. The van der Waals surface area contributed by atoms with Crippen molar-refractivity contribution in [2.24, 2.45) is 10.9 Å². The largest absolute Gasteiger partial charge is 0.457 e. The monoisotopic (exact) mass is 334 g/mol. The van der Waals surface area contributed by atoms with Crippen LogP contribution in [-0.2, 0) is 0 Å². The van der Waals surface area contributed by atoms with Gasteiger partial charge in [0, 0.05) is 4.47 Å². The van der Waals surface area contributed by atoms with Gasteiger partial charge in [-0.15, -0.1) is 0 Å². The molecule has 0 aromatic heterocycles. The highest BCUT2D eigenvalue weighted by Gasteiger charge is 2.13. The third-order valence-electron chi connectivity index (χ3n) is 2.76. The van der Waals surface area contributed by atoms with Gasteiger partial charge in [-0.2, -0.15) is 0 Å². The minimum Gasteiger partial charge on any atom is -0.457 e. The van der Waals surface area contributed by atoms with Gasteiger partial charge in [-0.3, -0.25) is 0 Å². The SMILES string of the molecule is Cc1cc(C)cc(Oc2cccc(Br)c2/C(N)=N/O)c1. The van der Waals surface area contributed by atoms with Crippen molar-refractivity contribution in [1.29, 1.82) is 0 Å². The van der Waals surface area contributed by atoms with E-state index in [1.807, 2.05) is 38.1 Å². The van der Waals surface area contributed by atoms with Crippen molar-refractivity contribution in [1.82, 2.24) is 0 Å². The molecule has 5 heteroatoms. The van der Waals surface area contributed by atoms with E-state index in [-0.39, 0.29) is 5.84 Å². The quantitative estimate of drug-likeness (QED) is 0.386. The van der Waals surface area contributed by atoms with Gasteiger partial charge in [-0.1, -0.05) is 17.3 Å². The number of nitrogens with zero attached hydrogens (tertiary/aromatic N) is 1. The van der Waals surface area contributed by atoms with Gasteiger partial charge in [0.2, 0.25) is 0 Å². The number of halogens is 1. The lowest BCUT2D eigenvalue weighted by Gasteiger charge is -2.12. The van der Waals surface area contributed by atoms with Crippen LogP contribution in [0, 0.1) is 13.8 Å². The zero-order valence-corrected chi connectivity index (χ0v) is 12.8. The van der Waals surface area contributed by atoms with Crippen molar-refractivity contribution in [2.75, 3.05) is 0 Å². The summed E-state index contributed by atoms with van der Waals surface area (Å²) in [6, 6.07) is 11.3. The summed E-state index contributed by atoms with van der Waals surface area (Å²) in [5.74, 6) is 1.24. The van der Waals surface area contributed by atoms with E-state index in [4.69, 9.17) is 15.7 Å². The Morgan fingerprint density at radius 1 is 1.20 bits per heavy atom. The van der Waals surface area contributed by atoms with E-state index >= 15 is 0 Å². The Bertz CT molecular complexity index is 649. The Morgan fingerprint density at radius 3 is 2.45 bits per heavy atom. The Kier molecular flexibility index (Phi) is 4.29. The van der Waals surface area contributed by atoms with Gasteiger partial charge in [0.1, 0.15) is 11.5 Å². The first kappa shape index (κ1) is 14.4. The molecule has 0 aliphatic carbocycles. The van der Waals surface area contributed by atoms with Gasteiger partial charge in [0.05, 0.1) is 5.56 Å². The number of hydrogen-bond donors (Lipinski definition) is 2. The maximum Gasteiger partial charge on any atom is 0.175 e. The average molecular weight is 335 g/mol. The van der Waals surface area contributed by atoms with Crippen LogP contribution < -0.4 is 10.5 Å². The normalized spacial score (nSPS) is 11.4. The molecule has 104 valence electrons. The molecule has 4 nitrogen and oxygen atoms in total. The van der Waals surface area contributed by atoms with Crippen molar-refractivity contribution in [3.8, 4) is 11.5 Å². The molecular formula is C15H15BrN2O2. The first-order chi connectivity index (χ1) is 9.51. The molecule has 0 spiro atoms. The fraction of sp³-hybridized carbons (Fsp3) is 0.133. The van der Waals surface area contributed by atoms with Crippen LogP contribution in [0.15, 0.2) is 46.0 Å². The average Bonchev–Trinajstić information content (AvgIpc) is 2.37. The van der Waals surface area contributed by atoms with Gasteiger partial charge in [0.15, 0.2) is 5.84 Å². The van der Waals surface area contributed by atoms with Crippen LogP contribution in [0.2, 0.25) is 0 Å². The standard InChI is InChI=1S/C15H15BrN2O2/c1-9-6-10(2)8-11(7-9)20-13-5-3-4-12(16)14(13)15(17)18-19/h3-8,19H,1-2H3,(H2,17,18). The Labute approximate surface area is 126 Å². The maximum atomic E-state index is 8.88. The molecule has 0 aliphatic rings. The van der Waals surface area contributed by atoms with Gasteiger partial charge in [-0.25, -0.2) is 0 Å². The Hall–Kier alpha value is -2.01. The molecule has 0 saturated carbocycles. The number of nitrogens with two attached hydrogens (primary N) is 1. The molecule has 0 saturated heterocycles. The second-order valence-corrected chi connectivity index (χ2v) is 5.38. The highest BCUT2D eigenvalue weighted by atomic mass is 79.9. The Morgan fingerprint density at radius 2 is 1.85 bits per heavy atom. The molecule has 0 unspecified atom stereocenters. The number of hydrogen-bond acceptors (Lipinski definition) is 3. The van der Waals surface area contributed by atoms with E-state index in [1.54, 1.807) is 6.07 Å². The summed E-state index contributed by atoms with van der Waals surface area (Å²) in [4.78, 5) is 0. The van der Waals surface area contributed by atoms with Crippen LogP contribution in [-0.4, -0.2) is 11.0 Å². The highest BCUT2D eigenvalue weighted by molar-refractivity contribution is 9.10. The molecule has 2 rings (SSSR count). The second kappa shape index (κ2) is 5.96. The van der Waals surface area contributed by atoms with Crippen molar-refractivity contribution in [3.05, 3.63) is 57.6 Å². The van der Waals surface area contributed by atoms with E-state index in [9.17, 15) is 0 Å². The van der Waals surface area contributed by atoms with E-state index in [2.05, 4.69) is 27.2 Å². The lowest BCUT2D eigenvalue weighted by Crippen LogP contribution is -2.15. The maximum absolute atomic E-state index is 8.88. The van der Waals surface area contributed by atoms with E-state index in [0.717, 1.165) is 11.1 Å². The van der Waals surface area contributed by atoms with Crippen LogP contribution in [0.25, 0.3) is 0 Å². The zero-order chi connectivity index (χ0) is 14.7. The first-order valence-electron chi connectivity index (χ1n) is 6.04. The fourth-order valence-corrected chi connectivity index (χ4v) is 2.56. The summed E-state index contributed by atoms with van der Waals surface area (Å²) in [7, 11) is 0. The van der Waals surface area contributed by atoms with Gasteiger partial charge in [0.25, 0.3) is 0 Å². The minimum absolute atomic E-state index is 0.00292. The molecule has 0 aliphatic heterocycles. The number of oxime groups is 1. The van der Waals surface area contributed by atoms with Crippen LogP contribution in [0.5, 0.6) is 11.5 Å². The second-order valence-electron chi connectivity index (χ2n) is 4.52. The predicted octanol–water partition coefficient (Wildman–Crippen LogP) is 3.95. The molecule has 2 aromatic rings. The van der Waals surface area contributed by atoms with Crippen LogP contribution in [0.4, 0.5) is 0 Å². The predicted molar refractivity (Wildman–Crippen MR) is 82.6 cm³/mol. The fourth-order valence-electron chi connectivity index (χ4n) is 2.01. The van der Waals surface area contributed by atoms with Crippen molar-refractivity contribution >= 4 is 21.8 Å². The molecular weight excluding hydrogens is 320 g/mol.